The first-order valence-electron chi connectivity index (χ1n) is 6.04. The number of halogens is 1. The molecule has 0 atom stereocenters. The van der Waals surface area contributed by atoms with Crippen LogP contribution in [0.2, 0.25) is 0 Å². The summed E-state index contributed by atoms with van der Waals surface area (Å²) < 4.78 is 5.28. The van der Waals surface area contributed by atoms with Crippen molar-refractivity contribution in [2.24, 2.45) is 11.1 Å². The highest BCUT2D eigenvalue weighted by molar-refractivity contribution is 5.95. The quantitative estimate of drug-likeness (QED) is 0.862. The van der Waals surface area contributed by atoms with Crippen LogP contribution in [0.1, 0.15) is 18.7 Å². The summed E-state index contributed by atoms with van der Waals surface area (Å²) in [5, 5.41) is 2.83. The number of anilines is 1. The Bertz CT molecular complexity index is 418. The summed E-state index contributed by atoms with van der Waals surface area (Å²) in [5.41, 5.74) is 5.85. The Kier molecular flexibility index (Phi) is 5.65. The van der Waals surface area contributed by atoms with Gasteiger partial charge in [0.25, 0.3) is 0 Å². The van der Waals surface area contributed by atoms with Crippen LogP contribution in [0, 0.1) is 12.3 Å². The van der Waals surface area contributed by atoms with Gasteiger partial charge in [-0.05, 0) is 19.8 Å². The van der Waals surface area contributed by atoms with Crippen LogP contribution in [0.15, 0.2) is 12.4 Å². The van der Waals surface area contributed by atoms with Gasteiger partial charge >= 0.3 is 0 Å². The largest absolute Gasteiger partial charge is 0.381 e. The van der Waals surface area contributed by atoms with Crippen LogP contribution < -0.4 is 11.1 Å². The fourth-order valence-corrected chi connectivity index (χ4v) is 2.01. The summed E-state index contributed by atoms with van der Waals surface area (Å²) in [5.74, 6) is 0.605. The Morgan fingerprint density at radius 2 is 2.00 bits per heavy atom. The van der Waals surface area contributed by atoms with E-state index in [0.717, 1.165) is 0 Å². The molecule has 0 unspecified atom stereocenters. The van der Waals surface area contributed by atoms with Crippen molar-refractivity contribution >= 4 is 24.0 Å². The van der Waals surface area contributed by atoms with E-state index in [0.29, 0.717) is 44.1 Å². The molecule has 0 spiro atoms. The zero-order valence-electron chi connectivity index (χ0n) is 10.9. The monoisotopic (exact) mass is 286 g/mol. The van der Waals surface area contributed by atoms with Gasteiger partial charge in [-0.25, -0.2) is 9.97 Å². The standard InChI is InChI=1S/C12H18N4O2.ClH/c1-9-14-6-10(7-15-9)16-11(17)12(8-13)2-4-18-5-3-12;/h6-7H,2-5,8,13H2,1H3,(H,16,17);1H. The molecule has 0 radical (unpaired) electrons. The number of hydrogen-bond donors (Lipinski definition) is 2. The number of carbonyl (C=O) groups excluding carboxylic acids is 1. The predicted octanol–water partition coefficient (Wildman–Crippen LogP) is 0.901. The van der Waals surface area contributed by atoms with E-state index >= 15 is 0 Å². The molecule has 1 aromatic heterocycles. The molecule has 106 valence electrons. The Hall–Kier alpha value is -1.24. The Morgan fingerprint density at radius 3 is 2.53 bits per heavy atom. The second-order valence-corrected chi connectivity index (χ2v) is 4.57. The zero-order valence-corrected chi connectivity index (χ0v) is 11.7. The van der Waals surface area contributed by atoms with Crippen molar-refractivity contribution in [1.82, 2.24) is 9.97 Å². The molecule has 3 N–H and O–H groups in total. The number of ether oxygens (including phenoxy) is 1. The highest BCUT2D eigenvalue weighted by Crippen LogP contribution is 2.30. The van der Waals surface area contributed by atoms with E-state index in [1.165, 1.54) is 0 Å². The maximum absolute atomic E-state index is 12.3. The summed E-state index contributed by atoms with van der Waals surface area (Å²) in [6, 6.07) is 0. The SMILES string of the molecule is Cc1ncc(NC(=O)C2(CN)CCOCC2)cn1.Cl. The lowest BCUT2D eigenvalue weighted by Gasteiger charge is -2.34. The van der Waals surface area contributed by atoms with E-state index in [2.05, 4.69) is 15.3 Å². The van der Waals surface area contributed by atoms with Crippen LogP contribution in [-0.4, -0.2) is 35.6 Å². The number of carbonyl (C=O) groups is 1. The first-order valence-corrected chi connectivity index (χ1v) is 6.04. The number of nitrogens with zero attached hydrogens (tertiary/aromatic N) is 2. The number of aryl methyl sites for hydroxylation is 1. The summed E-state index contributed by atoms with van der Waals surface area (Å²) in [7, 11) is 0. The maximum Gasteiger partial charge on any atom is 0.232 e. The average Bonchev–Trinajstić information content (AvgIpc) is 2.42. The second kappa shape index (κ2) is 6.79. The highest BCUT2D eigenvalue weighted by atomic mass is 35.5. The molecule has 0 bridgehead atoms. The summed E-state index contributed by atoms with van der Waals surface area (Å²) in [6.45, 7) is 3.28. The minimum absolute atomic E-state index is 0. The van der Waals surface area contributed by atoms with Gasteiger partial charge in [-0.1, -0.05) is 0 Å². The van der Waals surface area contributed by atoms with Crippen molar-refractivity contribution < 1.29 is 9.53 Å². The third kappa shape index (κ3) is 3.62. The van der Waals surface area contributed by atoms with Gasteiger partial charge in [0.15, 0.2) is 0 Å². The molecule has 1 amide bonds. The van der Waals surface area contributed by atoms with E-state index in [9.17, 15) is 4.79 Å². The third-order valence-corrected chi connectivity index (χ3v) is 3.36. The molecule has 1 aliphatic heterocycles. The fourth-order valence-electron chi connectivity index (χ4n) is 2.01. The van der Waals surface area contributed by atoms with Crippen molar-refractivity contribution in [2.45, 2.75) is 19.8 Å². The molecular weight excluding hydrogens is 268 g/mol. The van der Waals surface area contributed by atoms with Crippen LogP contribution in [0.5, 0.6) is 0 Å². The van der Waals surface area contributed by atoms with E-state index in [4.69, 9.17) is 10.5 Å². The Balaban J connectivity index is 0.00000180. The zero-order chi connectivity index (χ0) is 13.0. The lowest BCUT2D eigenvalue weighted by atomic mass is 9.79. The van der Waals surface area contributed by atoms with Crippen LogP contribution in [0.4, 0.5) is 5.69 Å². The van der Waals surface area contributed by atoms with Crippen molar-refractivity contribution in [3.05, 3.63) is 18.2 Å². The number of rotatable bonds is 3. The predicted molar refractivity (Wildman–Crippen MR) is 74.2 cm³/mol. The molecule has 1 fully saturated rings. The molecule has 0 saturated carbocycles. The number of nitrogens with two attached hydrogens (primary N) is 1. The maximum atomic E-state index is 12.3. The van der Waals surface area contributed by atoms with Gasteiger partial charge in [0.2, 0.25) is 5.91 Å². The van der Waals surface area contributed by atoms with Crippen LogP contribution in [-0.2, 0) is 9.53 Å². The third-order valence-electron chi connectivity index (χ3n) is 3.36. The summed E-state index contributed by atoms with van der Waals surface area (Å²) >= 11 is 0. The fraction of sp³-hybridized carbons (Fsp3) is 0.583. The number of aromatic nitrogens is 2. The minimum atomic E-state index is -0.525. The molecule has 7 heteroatoms. The van der Waals surface area contributed by atoms with Crippen molar-refractivity contribution in [3.63, 3.8) is 0 Å². The molecule has 6 nitrogen and oxygen atoms in total. The normalized spacial score (nSPS) is 17.4. The minimum Gasteiger partial charge on any atom is -0.381 e. The topological polar surface area (TPSA) is 90.1 Å². The van der Waals surface area contributed by atoms with E-state index in [-0.39, 0.29) is 18.3 Å². The molecule has 1 aromatic rings. The lowest BCUT2D eigenvalue weighted by Crippen LogP contribution is -2.46. The molecular formula is C12H19ClN4O2. The van der Waals surface area contributed by atoms with E-state index in [1.807, 2.05) is 0 Å². The van der Waals surface area contributed by atoms with Gasteiger partial charge in [-0.15, -0.1) is 12.4 Å². The van der Waals surface area contributed by atoms with Gasteiger partial charge in [-0.2, -0.15) is 0 Å². The van der Waals surface area contributed by atoms with Crippen LogP contribution in [0.3, 0.4) is 0 Å². The van der Waals surface area contributed by atoms with E-state index < -0.39 is 5.41 Å². The van der Waals surface area contributed by atoms with Crippen molar-refractivity contribution in [3.8, 4) is 0 Å². The number of hydrogen-bond acceptors (Lipinski definition) is 5. The smallest absolute Gasteiger partial charge is 0.232 e. The molecule has 1 saturated heterocycles. The molecule has 2 rings (SSSR count). The average molecular weight is 287 g/mol. The van der Waals surface area contributed by atoms with Gasteiger partial charge in [0.1, 0.15) is 5.82 Å². The van der Waals surface area contributed by atoms with Crippen LogP contribution >= 0.6 is 12.4 Å². The number of nitrogens with one attached hydrogen (secondary N) is 1. The van der Waals surface area contributed by atoms with Crippen LogP contribution in [0.25, 0.3) is 0 Å². The Morgan fingerprint density at radius 1 is 1.42 bits per heavy atom. The van der Waals surface area contributed by atoms with Gasteiger partial charge in [0.05, 0.1) is 23.5 Å². The van der Waals surface area contributed by atoms with Gasteiger partial charge < -0.3 is 15.8 Å². The molecule has 2 heterocycles. The molecule has 19 heavy (non-hydrogen) atoms. The molecule has 0 aromatic carbocycles. The number of amides is 1. The first-order chi connectivity index (χ1) is 8.66. The molecule has 0 aliphatic carbocycles. The van der Waals surface area contributed by atoms with Gasteiger partial charge in [-0.3, -0.25) is 4.79 Å². The lowest BCUT2D eigenvalue weighted by molar-refractivity contribution is -0.130. The molecule has 1 aliphatic rings. The highest BCUT2D eigenvalue weighted by Gasteiger charge is 2.38. The Labute approximate surface area is 118 Å². The summed E-state index contributed by atoms with van der Waals surface area (Å²) in [4.78, 5) is 20.4. The van der Waals surface area contributed by atoms with Gasteiger partial charge in [0, 0.05) is 19.8 Å². The van der Waals surface area contributed by atoms with Crippen molar-refractivity contribution in [1.29, 1.82) is 0 Å². The van der Waals surface area contributed by atoms with Crippen molar-refractivity contribution in [2.75, 3.05) is 25.1 Å². The van der Waals surface area contributed by atoms with E-state index in [1.54, 1.807) is 19.3 Å². The first kappa shape index (κ1) is 15.8. The summed E-state index contributed by atoms with van der Waals surface area (Å²) in [6.07, 6.45) is 4.51. The second-order valence-electron chi connectivity index (χ2n) is 4.57.